The van der Waals surface area contributed by atoms with E-state index in [1.807, 2.05) is 0 Å². The number of hydrogen-bond donors (Lipinski definition) is 7. The van der Waals surface area contributed by atoms with Gasteiger partial charge < -0.3 is 32.5 Å². The topological polar surface area (TPSA) is 194 Å². The lowest BCUT2D eigenvalue weighted by atomic mass is 10.1. The Bertz CT molecular complexity index is 541. The second-order valence-corrected chi connectivity index (χ2v) is 5.70. The third-order valence-electron chi connectivity index (χ3n) is 3.00. The molecule has 142 valence electrons. The van der Waals surface area contributed by atoms with Crippen LogP contribution < -0.4 is 27.4 Å². The fourth-order valence-electron chi connectivity index (χ4n) is 1.56. The van der Waals surface area contributed by atoms with Crippen molar-refractivity contribution >= 4 is 42.2 Å². The van der Waals surface area contributed by atoms with Crippen molar-refractivity contribution in [3.05, 3.63) is 0 Å². The summed E-state index contributed by atoms with van der Waals surface area (Å²) in [5.41, 5.74) is 10.4. The lowest BCUT2D eigenvalue weighted by Gasteiger charge is -2.22. The molecule has 0 radical (unpaired) electrons. The molecule has 0 aliphatic carbocycles. The van der Waals surface area contributed by atoms with Crippen LogP contribution >= 0.6 is 12.6 Å². The second kappa shape index (κ2) is 10.5. The molecule has 8 N–H and O–H groups in total. The van der Waals surface area contributed by atoms with Crippen LogP contribution in [-0.4, -0.2) is 64.6 Å². The molecule has 0 aromatic rings. The maximum atomic E-state index is 12.2. The first-order valence-corrected chi connectivity index (χ1v) is 7.91. The van der Waals surface area contributed by atoms with E-state index >= 15 is 0 Å². The Morgan fingerprint density at radius 1 is 0.960 bits per heavy atom. The normalized spacial score (nSPS) is 15.2. The summed E-state index contributed by atoms with van der Waals surface area (Å²) in [6, 6.07) is -4.61. The molecule has 0 aromatic carbocycles. The number of nitrogens with one attached hydrogen (secondary N) is 3. The number of rotatable bonds is 10. The molecule has 0 spiro atoms. The van der Waals surface area contributed by atoms with Crippen LogP contribution in [0, 0.1) is 0 Å². The van der Waals surface area contributed by atoms with Crippen LogP contribution in [0.5, 0.6) is 0 Å². The maximum absolute atomic E-state index is 12.2. The zero-order valence-electron chi connectivity index (χ0n) is 13.8. The largest absolute Gasteiger partial charge is 0.480 e. The molecule has 4 atom stereocenters. The first kappa shape index (κ1) is 22.7. The Balaban J connectivity index is 5.07. The van der Waals surface area contributed by atoms with E-state index in [0.29, 0.717) is 0 Å². The standard InChI is InChI=1S/C13H23N5O6S/c1-5(14)10(20)18-8(4-25)12(22)17-7(3-9(15)19)11(21)16-6(2)13(23)24/h5-8,25H,3-4,14H2,1-2H3,(H2,15,19)(H,16,21)(H,17,22)(H,18,20)(H,23,24). The fourth-order valence-corrected chi connectivity index (χ4v) is 1.81. The Morgan fingerprint density at radius 3 is 1.84 bits per heavy atom. The van der Waals surface area contributed by atoms with Crippen molar-refractivity contribution in [1.82, 2.24) is 16.0 Å². The lowest BCUT2D eigenvalue weighted by Crippen LogP contribution is -2.57. The van der Waals surface area contributed by atoms with Crippen LogP contribution in [0.1, 0.15) is 20.3 Å². The van der Waals surface area contributed by atoms with Crippen molar-refractivity contribution in [3.63, 3.8) is 0 Å². The van der Waals surface area contributed by atoms with Gasteiger partial charge in [-0.2, -0.15) is 12.6 Å². The molecule has 4 unspecified atom stereocenters. The van der Waals surface area contributed by atoms with Crippen molar-refractivity contribution in [2.24, 2.45) is 11.5 Å². The summed E-state index contributed by atoms with van der Waals surface area (Å²) in [4.78, 5) is 57.7. The van der Waals surface area contributed by atoms with Crippen LogP contribution in [0.25, 0.3) is 0 Å². The van der Waals surface area contributed by atoms with E-state index in [1.165, 1.54) is 13.8 Å². The number of amides is 4. The number of nitrogens with two attached hydrogens (primary N) is 2. The molecule has 0 aliphatic heterocycles. The summed E-state index contributed by atoms with van der Waals surface area (Å²) in [6.45, 7) is 2.63. The quantitative estimate of drug-likeness (QED) is 0.194. The summed E-state index contributed by atoms with van der Waals surface area (Å²) >= 11 is 3.94. The average molecular weight is 377 g/mol. The van der Waals surface area contributed by atoms with Gasteiger partial charge in [0.25, 0.3) is 0 Å². The van der Waals surface area contributed by atoms with Crippen molar-refractivity contribution in [1.29, 1.82) is 0 Å². The zero-order chi connectivity index (χ0) is 19.7. The number of carboxylic acid groups (broad SMARTS) is 1. The minimum atomic E-state index is -1.40. The van der Waals surface area contributed by atoms with Gasteiger partial charge in [-0.3, -0.25) is 24.0 Å². The molecule has 25 heavy (non-hydrogen) atoms. The van der Waals surface area contributed by atoms with Crippen molar-refractivity contribution in [3.8, 4) is 0 Å². The highest BCUT2D eigenvalue weighted by Crippen LogP contribution is 1.98. The molecule has 0 aromatic heterocycles. The van der Waals surface area contributed by atoms with Gasteiger partial charge in [-0.1, -0.05) is 0 Å². The molecule has 12 heteroatoms. The van der Waals surface area contributed by atoms with Gasteiger partial charge in [0.2, 0.25) is 23.6 Å². The second-order valence-electron chi connectivity index (χ2n) is 5.33. The Morgan fingerprint density at radius 2 is 1.44 bits per heavy atom. The van der Waals surface area contributed by atoms with E-state index in [-0.39, 0.29) is 5.75 Å². The van der Waals surface area contributed by atoms with Gasteiger partial charge in [0.15, 0.2) is 0 Å². The minimum absolute atomic E-state index is 0.0965. The third kappa shape index (κ3) is 8.35. The average Bonchev–Trinajstić information content (AvgIpc) is 2.50. The Kier molecular flexibility index (Phi) is 9.53. The lowest BCUT2D eigenvalue weighted by molar-refractivity contribution is -0.142. The molecule has 0 bridgehead atoms. The number of carboxylic acids is 1. The Hall–Kier alpha value is -2.34. The van der Waals surface area contributed by atoms with E-state index in [1.54, 1.807) is 0 Å². The predicted molar refractivity (Wildman–Crippen MR) is 90.4 cm³/mol. The van der Waals surface area contributed by atoms with Crippen LogP contribution in [0.4, 0.5) is 0 Å². The summed E-state index contributed by atoms with van der Waals surface area (Å²) in [5.74, 6) is -4.59. The van der Waals surface area contributed by atoms with E-state index < -0.39 is 60.2 Å². The van der Waals surface area contributed by atoms with Crippen LogP contribution in [0.2, 0.25) is 0 Å². The fraction of sp³-hybridized carbons (Fsp3) is 0.615. The van der Waals surface area contributed by atoms with Gasteiger partial charge >= 0.3 is 5.97 Å². The van der Waals surface area contributed by atoms with Gasteiger partial charge in [0, 0.05) is 5.75 Å². The first-order chi connectivity index (χ1) is 11.5. The van der Waals surface area contributed by atoms with Crippen LogP contribution in [0.3, 0.4) is 0 Å². The number of primary amides is 1. The van der Waals surface area contributed by atoms with Gasteiger partial charge in [-0.05, 0) is 13.8 Å². The molecular weight excluding hydrogens is 354 g/mol. The van der Waals surface area contributed by atoms with Crippen LogP contribution in [0.15, 0.2) is 0 Å². The SMILES string of the molecule is CC(N)C(=O)NC(CS)C(=O)NC(CC(N)=O)C(=O)NC(C)C(=O)O. The third-order valence-corrected chi connectivity index (χ3v) is 3.36. The van der Waals surface area contributed by atoms with E-state index in [4.69, 9.17) is 16.6 Å². The molecule has 4 amide bonds. The maximum Gasteiger partial charge on any atom is 0.325 e. The highest BCUT2D eigenvalue weighted by atomic mass is 32.1. The molecular formula is C13H23N5O6S. The van der Waals surface area contributed by atoms with Gasteiger partial charge in [0.05, 0.1) is 12.5 Å². The number of aliphatic carboxylic acids is 1. The molecule has 0 saturated carbocycles. The predicted octanol–water partition coefficient (Wildman–Crippen LogP) is -3.30. The number of carbonyl (C=O) groups is 5. The van der Waals surface area contributed by atoms with E-state index in [9.17, 15) is 24.0 Å². The molecule has 11 nitrogen and oxygen atoms in total. The molecule has 0 fully saturated rings. The minimum Gasteiger partial charge on any atom is -0.480 e. The zero-order valence-corrected chi connectivity index (χ0v) is 14.7. The molecule has 0 rings (SSSR count). The summed E-state index contributed by atoms with van der Waals surface area (Å²) in [6.07, 6.45) is -0.551. The van der Waals surface area contributed by atoms with Crippen molar-refractivity contribution < 1.29 is 29.1 Å². The monoisotopic (exact) mass is 377 g/mol. The Labute approximate surface area is 149 Å². The van der Waals surface area contributed by atoms with Gasteiger partial charge in [-0.25, -0.2) is 0 Å². The number of hydrogen-bond acceptors (Lipinski definition) is 7. The molecule has 0 heterocycles. The summed E-state index contributed by atoms with van der Waals surface area (Å²) in [5, 5.41) is 15.5. The first-order valence-electron chi connectivity index (χ1n) is 7.28. The van der Waals surface area contributed by atoms with E-state index in [0.717, 1.165) is 0 Å². The van der Waals surface area contributed by atoms with Gasteiger partial charge in [0.1, 0.15) is 18.1 Å². The molecule has 0 saturated heterocycles. The summed E-state index contributed by atoms with van der Waals surface area (Å²) < 4.78 is 0. The number of thiol groups is 1. The van der Waals surface area contributed by atoms with Crippen molar-refractivity contribution in [2.75, 3.05) is 5.75 Å². The van der Waals surface area contributed by atoms with Crippen LogP contribution in [-0.2, 0) is 24.0 Å². The van der Waals surface area contributed by atoms with E-state index in [2.05, 4.69) is 28.6 Å². The van der Waals surface area contributed by atoms with Gasteiger partial charge in [-0.15, -0.1) is 0 Å². The smallest absolute Gasteiger partial charge is 0.325 e. The highest BCUT2D eigenvalue weighted by Gasteiger charge is 2.29. The number of carbonyl (C=O) groups excluding carboxylic acids is 4. The summed E-state index contributed by atoms with van der Waals surface area (Å²) in [7, 11) is 0. The van der Waals surface area contributed by atoms with Crippen molar-refractivity contribution in [2.45, 2.75) is 44.4 Å². The highest BCUT2D eigenvalue weighted by molar-refractivity contribution is 7.80. The molecule has 0 aliphatic rings.